The first-order valence-electron chi connectivity index (χ1n) is 42.4. The van der Waals surface area contributed by atoms with E-state index in [1.54, 1.807) is 0 Å². The highest BCUT2D eigenvalue weighted by Crippen LogP contribution is 2.38. The molecule has 598 valence electrons. The van der Waals surface area contributed by atoms with E-state index in [2.05, 4.69) is 233 Å². The van der Waals surface area contributed by atoms with Gasteiger partial charge in [-0.1, -0.05) is 374 Å². The van der Waals surface area contributed by atoms with Crippen molar-refractivity contribution in [3.05, 3.63) is 219 Å². The van der Waals surface area contributed by atoms with Crippen LogP contribution in [0.25, 0.3) is 0 Å². The van der Waals surface area contributed by atoms with Gasteiger partial charge in [0.2, 0.25) is 0 Å². The smallest absolute Gasteiger partial charge is 0.306 e. The van der Waals surface area contributed by atoms with Gasteiger partial charge >= 0.3 is 11.9 Å². The molecular formula is C96H156NO8P. The summed E-state index contributed by atoms with van der Waals surface area (Å²) in [6.07, 6.45) is 132. The number of quaternary nitrogens is 1. The molecule has 0 heterocycles. The lowest BCUT2D eigenvalue weighted by molar-refractivity contribution is -0.870. The van der Waals surface area contributed by atoms with E-state index in [0.29, 0.717) is 17.4 Å². The minimum atomic E-state index is -4.66. The largest absolute Gasteiger partial charge is 0.756 e. The molecule has 0 aliphatic carbocycles. The van der Waals surface area contributed by atoms with Gasteiger partial charge in [-0.05, 0) is 154 Å². The van der Waals surface area contributed by atoms with Gasteiger partial charge < -0.3 is 27.9 Å². The predicted octanol–water partition coefficient (Wildman–Crippen LogP) is 28.4. The number of esters is 2. The summed E-state index contributed by atoms with van der Waals surface area (Å²) in [6, 6.07) is 0. The van der Waals surface area contributed by atoms with Gasteiger partial charge in [-0.25, -0.2) is 0 Å². The zero-order valence-electron chi connectivity index (χ0n) is 68.3. The van der Waals surface area contributed by atoms with E-state index in [1.807, 2.05) is 21.1 Å². The van der Waals surface area contributed by atoms with E-state index in [-0.39, 0.29) is 32.0 Å². The first kappa shape index (κ1) is 100. The highest BCUT2D eigenvalue weighted by Gasteiger charge is 2.22. The SMILES string of the molecule is CC/C=C\C/C=C\C/C=C\C/C=C\C/C=C\C/C=C\C/C=C\C/C=C\C/C=C\CCCCCCCCCCCCCCCC(=O)OCC(COP(=O)([O-])OCC[N+](C)(C)C)OC(=O)CCCCCCCCCCCCCCC/C=C\C/C=C\C/C=C\C/C=C\C/C=C\C/C=C\C/C=C\C/C=C\C/C=C\CC. The Morgan fingerprint density at radius 2 is 0.509 bits per heavy atom. The van der Waals surface area contributed by atoms with Crippen molar-refractivity contribution in [3.63, 3.8) is 0 Å². The second-order valence-corrected chi connectivity index (χ2v) is 30.1. The third-order valence-corrected chi connectivity index (χ3v) is 18.5. The first-order chi connectivity index (χ1) is 52.0. The number of phosphoric ester groups is 1. The molecule has 0 aliphatic heterocycles. The first-order valence-corrected chi connectivity index (χ1v) is 43.9. The molecule has 0 saturated carbocycles. The zero-order valence-corrected chi connectivity index (χ0v) is 69.2. The Bertz CT molecular complexity index is 2610. The van der Waals surface area contributed by atoms with E-state index < -0.39 is 26.5 Å². The normalized spacial score (nSPS) is 14.1. The van der Waals surface area contributed by atoms with Crippen molar-refractivity contribution in [1.29, 1.82) is 0 Å². The molecule has 0 aliphatic rings. The highest BCUT2D eigenvalue weighted by atomic mass is 31.2. The Kier molecular flexibility index (Phi) is 78.9. The van der Waals surface area contributed by atoms with Gasteiger partial charge in [0.15, 0.2) is 6.10 Å². The summed E-state index contributed by atoms with van der Waals surface area (Å²) in [4.78, 5) is 38.3. The van der Waals surface area contributed by atoms with Crippen LogP contribution in [-0.4, -0.2) is 70.0 Å². The van der Waals surface area contributed by atoms with E-state index in [9.17, 15) is 19.0 Å². The van der Waals surface area contributed by atoms with Crippen LogP contribution < -0.4 is 4.89 Å². The quantitative estimate of drug-likeness (QED) is 0.0195. The Labute approximate surface area is 652 Å². The maximum atomic E-state index is 12.9. The molecule has 0 aromatic rings. The van der Waals surface area contributed by atoms with Crippen molar-refractivity contribution in [2.75, 3.05) is 47.5 Å². The minimum Gasteiger partial charge on any atom is -0.756 e. The predicted molar refractivity (Wildman–Crippen MR) is 461 cm³/mol. The average Bonchev–Trinajstić information content (AvgIpc) is 0.951. The number of phosphoric acid groups is 1. The van der Waals surface area contributed by atoms with Crippen molar-refractivity contribution < 1.29 is 42.1 Å². The number of carbonyl (C=O) groups excluding carboxylic acids is 2. The molecule has 2 atom stereocenters. The lowest BCUT2D eigenvalue weighted by Crippen LogP contribution is -2.37. The topological polar surface area (TPSA) is 111 Å². The van der Waals surface area contributed by atoms with E-state index >= 15 is 0 Å². The number of hydrogen-bond donors (Lipinski definition) is 0. The number of nitrogens with zero attached hydrogens (tertiary/aromatic N) is 1. The van der Waals surface area contributed by atoms with E-state index in [1.165, 1.54) is 128 Å². The maximum absolute atomic E-state index is 12.9. The van der Waals surface area contributed by atoms with E-state index in [0.717, 1.165) is 161 Å². The van der Waals surface area contributed by atoms with Crippen LogP contribution in [-0.2, 0) is 32.7 Å². The zero-order chi connectivity index (χ0) is 76.8. The minimum absolute atomic E-state index is 0.0396. The molecule has 0 rings (SSSR count). The molecule has 10 heteroatoms. The van der Waals surface area contributed by atoms with Crippen LogP contribution >= 0.6 is 7.82 Å². The summed E-state index contributed by atoms with van der Waals surface area (Å²) in [7, 11) is 1.15. The molecule has 0 amide bonds. The molecule has 0 bridgehead atoms. The van der Waals surface area contributed by atoms with Gasteiger partial charge in [0, 0.05) is 12.8 Å². The van der Waals surface area contributed by atoms with Crippen molar-refractivity contribution in [2.24, 2.45) is 0 Å². The third-order valence-electron chi connectivity index (χ3n) is 17.5. The lowest BCUT2D eigenvalue weighted by Gasteiger charge is -2.28. The number of likely N-dealkylation sites (N-methyl/N-ethyl adjacent to an activating group) is 1. The monoisotopic (exact) mass is 1480 g/mol. The Balaban J connectivity index is 4.03. The standard InChI is InChI=1S/C96H156NO8P/c1-6-8-10-12-14-16-18-20-22-24-26-28-30-32-34-36-38-40-42-44-46-48-50-52-54-56-58-60-62-64-66-68-70-72-74-76-78-80-82-84-86-88-95(98)102-92-94(93-104-106(100,101)103-91-90-97(3,4)5)105-96(99)89-87-85-83-81-79-77-75-73-71-69-67-65-63-61-59-57-55-53-51-49-47-45-43-41-39-37-35-33-31-29-27-25-23-21-19-17-15-13-11-9-7-2/h8-11,14-17,20-23,26-29,32-35,38-41,44-47,50-53,56-59,94H,6-7,12-13,18-19,24-25,30-31,36-37,42-43,48-49,54-55,60-93H2,1-5H3/b10-8-,11-9-,16-14-,17-15-,22-20-,23-21-,28-26-,29-27-,34-32-,35-33-,40-38-,41-39-,46-44-,47-45-,52-50-,53-51-,58-56-,59-57-. The fraction of sp³-hybridized carbons (Fsp3) is 0.604. The summed E-state index contributed by atoms with van der Waals surface area (Å²) < 4.78 is 34.4. The number of rotatable bonds is 76. The van der Waals surface area contributed by atoms with Crippen molar-refractivity contribution in [1.82, 2.24) is 0 Å². The maximum Gasteiger partial charge on any atom is 0.306 e. The third kappa shape index (κ3) is 87.2. The number of unbranched alkanes of at least 4 members (excludes halogenated alkanes) is 26. The number of hydrogen-bond acceptors (Lipinski definition) is 8. The molecule has 0 radical (unpaired) electrons. The van der Waals surface area contributed by atoms with Crippen LogP contribution in [0.5, 0.6) is 0 Å². The van der Waals surface area contributed by atoms with Crippen LogP contribution in [0.15, 0.2) is 219 Å². The number of ether oxygens (including phenoxy) is 2. The summed E-state index contributed by atoms with van der Waals surface area (Å²) in [5.74, 6) is -0.840. The molecule has 0 aromatic carbocycles. The van der Waals surface area contributed by atoms with Gasteiger partial charge in [0.1, 0.15) is 19.8 Å². The van der Waals surface area contributed by atoms with Gasteiger partial charge in [0.25, 0.3) is 7.82 Å². The summed E-state index contributed by atoms with van der Waals surface area (Å²) in [5, 5.41) is 0. The average molecular weight is 1480 g/mol. The molecule has 0 aromatic heterocycles. The molecule has 2 unspecified atom stereocenters. The Morgan fingerprint density at radius 3 is 0.755 bits per heavy atom. The fourth-order valence-corrected chi connectivity index (χ4v) is 11.8. The van der Waals surface area contributed by atoms with Crippen LogP contribution in [0.1, 0.15) is 322 Å². The van der Waals surface area contributed by atoms with Crippen LogP contribution in [0.3, 0.4) is 0 Å². The highest BCUT2D eigenvalue weighted by molar-refractivity contribution is 7.45. The van der Waals surface area contributed by atoms with E-state index in [4.69, 9.17) is 18.5 Å². The van der Waals surface area contributed by atoms with Crippen molar-refractivity contribution >= 4 is 19.8 Å². The Hall–Kier alpha value is -5.67. The molecular weight excluding hydrogens is 1330 g/mol. The Morgan fingerprint density at radius 1 is 0.292 bits per heavy atom. The molecule has 106 heavy (non-hydrogen) atoms. The summed E-state index contributed by atoms with van der Waals surface area (Å²) >= 11 is 0. The van der Waals surface area contributed by atoms with Crippen LogP contribution in [0, 0.1) is 0 Å². The van der Waals surface area contributed by atoms with Crippen LogP contribution in [0.4, 0.5) is 0 Å². The van der Waals surface area contributed by atoms with Crippen LogP contribution in [0.2, 0.25) is 0 Å². The second kappa shape index (κ2) is 83.4. The molecule has 9 nitrogen and oxygen atoms in total. The van der Waals surface area contributed by atoms with Gasteiger partial charge in [-0.2, -0.15) is 0 Å². The van der Waals surface area contributed by atoms with Crippen molar-refractivity contribution in [2.45, 2.75) is 328 Å². The summed E-state index contributed by atoms with van der Waals surface area (Å²) in [6.45, 7) is 4.01. The number of allylic oxidation sites excluding steroid dienone is 36. The molecule has 0 saturated heterocycles. The van der Waals surface area contributed by atoms with Gasteiger partial charge in [-0.3, -0.25) is 14.2 Å². The van der Waals surface area contributed by atoms with Gasteiger partial charge in [-0.15, -0.1) is 0 Å². The van der Waals surface area contributed by atoms with Crippen molar-refractivity contribution in [3.8, 4) is 0 Å². The fourth-order valence-electron chi connectivity index (χ4n) is 11.1. The lowest BCUT2D eigenvalue weighted by atomic mass is 10.0. The molecule has 0 N–H and O–H groups in total. The van der Waals surface area contributed by atoms with Gasteiger partial charge in [0.05, 0.1) is 27.7 Å². The summed E-state index contributed by atoms with van der Waals surface area (Å²) in [5.41, 5.74) is 0. The second-order valence-electron chi connectivity index (χ2n) is 28.7. The molecule has 0 fully saturated rings. The molecule has 0 spiro atoms. The number of carbonyl (C=O) groups is 2.